The predicted molar refractivity (Wildman–Crippen MR) is 183 cm³/mol. The molecule has 8 nitrogen and oxygen atoms in total. The molecule has 0 bridgehead atoms. The monoisotopic (exact) mass is 660 g/mol. The summed E-state index contributed by atoms with van der Waals surface area (Å²) in [6.07, 6.45) is -0.860. The quantitative estimate of drug-likeness (QED) is 0.111. The number of β-lactam (4-membered cyclic amide) rings is 1. The third-order valence-electron chi connectivity index (χ3n) is 8.40. The summed E-state index contributed by atoms with van der Waals surface area (Å²) in [6.45, 7) is 4.08. The zero-order valence-corrected chi connectivity index (χ0v) is 27.1. The van der Waals surface area contributed by atoms with E-state index in [4.69, 9.17) is 9.47 Å². The van der Waals surface area contributed by atoms with Crippen molar-refractivity contribution >= 4 is 35.5 Å². The molecular formula is C39H36N2O6S. The van der Waals surface area contributed by atoms with Gasteiger partial charge in [0.15, 0.2) is 18.2 Å². The average Bonchev–Trinajstić information content (AvgIpc) is 3.13. The molecule has 2 heterocycles. The SMILES string of the molecule is C=C1CS[C@H]2C(NC(=O)CCCC(=O)OC(c3ccccc3)c3ccccc3)C(=O)N2C1C(=O)OC(c1ccccc1)c1ccccc1. The molecule has 48 heavy (non-hydrogen) atoms. The predicted octanol–water partition coefficient (Wildman–Crippen LogP) is 6.15. The van der Waals surface area contributed by atoms with Gasteiger partial charge in [0.05, 0.1) is 0 Å². The van der Waals surface area contributed by atoms with Gasteiger partial charge in [0.25, 0.3) is 0 Å². The number of ether oxygens (including phenoxy) is 2. The average molecular weight is 661 g/mol. The lowest BCUT2D eigenvalue weighted by molar-refractivity contribution is -0.165. The summed E-state index contributed by atoms with van der Waals surface area (Å²) in [5.41, 5.74) is 3.90. The van der Waals surface area contributed by atoms with E-state index in [0.29, 0.717) is 11.3 Å². The molecule has 2 aliphatic heterocycles. The topological polar surface area (TPSA) is 102 Å². The van der Waals surface area contributed by atoms with Gasteiger partial charge in [0.1, 0.15) is 11.4 Å². The number of amides is 2. The van der Waals surface area contributed by atoms with Crippen LogP contribution in [-0.2, 0) is 28.7 Å². The zero-order valence-electron chi connectivity index (χ0n) is 26.3. The number of nitrogens with one attached hydrogen (secondary N) is 1. The number of rotatable bonds is 12. The number of benzene rings is 4. The van der Waals surface area contributed by atoms with Gasteiger partial charge in [-0.3, -0.25) is 14.4 Å². The molecule has 0 aliphatic carbocycles. The van der Waals surface area contributed by atoms with Crippen LogP contribution >= 0.6 is 11.8 Å². The van der Waals surface area contributed by atoms with E-state index in [0.717, 1.165) is 22.3 Å². The van der Waals surface area contributed by atoms with Gasteiger partial charge in [-0.15, -0.1) is 11.8 Å². The minimum absolute atomic E-state index is 0.0459. The third-order valence-corrected chi connectivity index (χ3v) is 9.78. The molecule has 0 saturated carbocycles. The van der Waals surface area contributed by atoms with Crippen LogP contribution in [0.4, 0.5) is 0 Å². The van der Waals surface area contributed by atoms with Crippen molar-refractivity contribution in [3.05, 3.63) is 156 Å². The fourth-order valence-corrected chi connectivity index (χ4v) is 7.30. The smallest absolute Gasteiger partial charge is 0.334 e. The molecule has 2 aliphatic rings. The van der Waals surface area contributed by atoms with E-state index in [-0.39, 0.29) is 31.1 Å². The van der Waals surface area contributed by atoms with Crippen LogP contribution in [0.15, 0.2) is 133 Å². The standard InChI is InChI=1S/C39H36N2O6S/c1-26-25-48-38-33(37(44)41(38)34(26)39(45)47-36(29-19-10-4-11-20-29)30-21-12-5-13-22-30)40-31(42)23-14-24-32(43)46-35(27-15-6-2-7-16-27)28-17-8-3-9-18-28/h2-13,15-22,33-36,38H,1,14,23-25H2,(H,40,42)/t33?,34?,38-/m0/s1. The van der Waals surface area contributed by atoms with Crippen LogP contribution in [0.3, 0.4) is 0 Å². The molecule has 9 heteroatoms. The molecule has 2 saturated heterocycles. The molecule has 4 aromatic carbocycles. The van der Waals surface area contributed by atoms with Gasteiger partial charge >= 0.3 is 11.9 Å². The van der Waals surface area contributed by atoms with Gasteiger partial charge in [-0.2, -0.15) is 0 Å². The van der Waals surface area contributed by atoms with Gasteiger partial charge in [-0.05, 0) is 34.2 Å². The van der Waals surface area contributed by atoms with E-state index in [1.54, 1.807) is 0 Å². The fourth-order valence-electron chi connectivity index (χ4n) is 6.00. The summed E-state index contributed by atoms with van der Waals surface area (Å²) in [5.74, 6) is -1.26. The Balaban J connectivity index is 1.03. The highest BCUT2D eigenvalue weighted by molar-refractivity contribution is 8.00. The van der Waals surface area contributed by atoms with Crippen LogP contribution in [-0.4, -0.2) is 51.9 Å². The van der Waals surface area contributed by atoms with E-state index in [1.807, 2.05) is 121 Å². The molecule has 0 radical (unpaired) electrons. The summed E-state index contributed by atoms with van der Waals surface area (Å²) in [4.78, 5) is 54.2. The lowest BCUT2D eigenvalue weighted by atomic mass is 9.97. The van der Waals surface area contributed by atoms with E-state index in [1.165, 1.54) is 16.7 Å². The maximum absolute atomic E-state index is 13.7. The number of fused-ring (bicyclic) bond motifs is 1. The number of carbonyl (C=O) groups excluding carboxylic acids is 4. The molecule has 6 rings (SSSR count). The lowest BCUT2D eigenvalue weighted by Crippen LogP contribution is -2.74. The molecule has 0 spiro atoms. The van der Waals surface area contributed by atoms with Crippen molar-refractivity contribution in [1.29, 1.82) is 0 Å². The maximum atomic E-state index is 13.7. The summed E-state index contributed by atoms with van der Waals surface area (Å²) >= 11 is 1.45. The number of carbonyl (C=O) groups is 4. The zero-order chi connectivity index (χ0) is 33.5. The molecular weight excluding hydrogens is 625 g/mol. The van der Waals surface area contributed by atoms with E-state index >= 15 is 0 Å². The molecule has 3 atom stereocenters. The Hall–Kier alpha value is -5.15. The first-order valence-electron chi connectivity index (χ1n) is 15.9. The molecule has 2 fully saturated rings. The Bertz CT molecular complexity index is 1670. The molecule has 0 aromatic heterocycles. The van der Waals surface area contributed by atoms with Crippen molar-refractivity contribution in [3.8, 4) is 0 Å². The van der Waals surface area contributed by atoms with Crippen LogP contribution in [0.2, 0.25) is 0 Å². The highest BCUT2D eigenvalue weighted by Gasteiger charge is 2.56. The number of nitrogens with zero attached hydrogens (tertiary/aromatic N) is 1. The van der Waals surface area contributed by atoms with Crippen LogP contribution in [0, 0.1) is 0 Å². The minimum Gasteiger partial charge on any atom is -0.453 e. The van der Waals surface area contributed by atoms with E-state index < -0.39 is 41.6 Å². The first kappa shape index (κ1) is 32.8. The second kappa shape index (κ2) is 15.2. The van der Waals surface area contributed by atoms with E-state index in [9.17, 15) is 19.2 Å². The van der Waals surface area contributed by atoms with Crippen molar-refractivity contribution in [2.75, 3.05) is 5.75 Å². The minimum atomic E-state index is -0.955. The van der Waals surface area contributed by atoms with Gasteiger partial charge in [-0.1, -0.05) is 128 Å². The molecule has 2 unspecified atom stereocenters. The van der Waals surface area contributed by atoms with Crippen LogP contribution in [0.5, 0.6) is 0 Å². The Morgan fingerprint density at radius 1 is 0.729 bits per heavy atom. The molecule has 2 amide bonds. The third kappa shape index (κ3) is 7.37. The van der Waals surface area contributed by atoms with Gasteiger partial charge in [0, 0.05) is 18.6 Å². The normalized spacial score (nSPS) is 18.5. The summed E-state index contributed by atoms with van der Waals surface area (Å²) < 4.78 is 11.9. The summed E-state index contributed by atoms with van der Waals surface area (Å²) in [7, 11) is 0. The number of esters is 2. The van der Waals surface area contributed by atoms with Gasteiger partial charge in [0.2, 0.25) is 11.8 Å². The highest BCUT2D eigenvalue weighted by atomic mass is 32.2. The number of hydrogen-bond donors (Lipinski definition) is 1. The second-order valence-corrected chi connectivity index (χ2v) is 12.8. The second-order valence-electron chi connectivity index (χ2n) is 11.7. The number of hydrogen-bond acceptors (Lipinski definition) is 7. The van der Waals surface area contributed by atoms with Crippen molar-refractivity contribution in [2.45, 2.75) is 48.9 Å². The summed E-state index contributed by atoms with van der Waals surface area (Å²) in [5, 5.41) is 2.38. The first-order chi connectivity index (χ1) is 23.4. The van der Waals surface area contributed by atoms with E-state index in [2.05, 4.69) is 11.9 Å². The van der Waals surface area contributed by atoms with Crippen molar-refractivity contribution in [2.24, 2.45) is 0 Å². The summed E-state index contributed by atoms with van der Waals surface area (Å²) in [6, 6.07) is 36.2. The van der Waals surface area contributed by atoms with Crippen LogP contribution in [0.1, 0.15) is 53.7 Å². The largest absolute Gasteiger partial charge is 0.453 e. The Morgan fingerprint density at radius 3 is 1.67 bits per heavy atom. The van der Waals surface area contributed by atoms with Crippen LogP contribution in [0.25, 0.3) is 0 Å². The van der Waals surface area contributed by atoms with Gasteiger partial charge in [-0.25, -0.2) is 4.79 Å². The van der Waals surface area contributed by atoms with Crippen LogP contribution < -0.4 is 5.32 Å². The van der Waals surface area contributed by atoms with Crippen molar-refractivity contribution in [1.82, 2.24) is 10.2 Å². The van der Waals surface area contributed by atoms with Crippen molar-refractivity contribution in [3.63, 3.8) is 0 Å². The van der Waals surface area contributed by atoms with Gasteiger partial charge < -0.3 is 19.7 Å². The maximum Gasteiger partial charge on any atom is 0.334 e. The molecule has 1 N–H and O–H groups in total. The number of thioether (sulfide) groups is 1. The van der Waals surface area contributed by atoms with Crippen molar-refractivity contribution < 1.29 is 28.7 Å². The Morgan fingerprint density at radius 2 is 1.19 bits per heavy atom. The highest BCUT2D eigenvalue weighted by Crippen LogP contribution is 2.41. The molecule has 4 aromatic rings. The Kier molecular flexibility index (Phi) is 10.4. The Labute approximate surface area is 284 Å². The molecule has 244 valence electrons. The first-order valence-corrected chi connectivity index (χ1v) is 17.0. The lowest BCUT2D eigenvalue weighted by Gasteiger charge is -2.52. The fraction of sp³-hybridized carbons (Fsp3) is 0.231.